The normalized spacial score (nSPS) is 22.8. The topological polar surface area (TPSA) is 127 Å². The highest BCUT2D eigenvalue weighted by atomic mass is 35.5. The van der Waals surface area contributed by atoms with E-state index in [1.807, 2.05) is 11.0 Å². The standard InChI is InChI=1S/C30H27ClF5N7O2S/c31-22-20(15-2-3-17(33)26-19(15)16(8-38)27(39)46-26)23(36)24-21-25(22)44-11-14(7-37)43(10-18(34)35)28(21)41-29(40-24)45-12-30-4-1-5-42(30)9-13(32)6-30/h2-3,13-14,18H,1,4-7,9-12,37,39H2/t13-,14+,30+/m1/s1. The lowest BCUT2D eigenvalue weighted by atomic mass is 9.95. The number of thiophene rings is 1. The van der Waals surface area contributed by atoms with Crippen molar-refractivity contribution in [3.8, 4) is 29.0 Å². The molecule has 0 bridgehead atoms. The van der Waals surface area contributed by atoms with Crippen LogP contribution in [0.5, 0.6) is 11.8 Å². The van der Waals surface area contributed by atoms with Crippen molar-refractivity contribution >= 4 is 54.7 Å². The molecular formula is C30H27ClF5N7O2S. The van der Waals surface area contributed by atoms with E-state index in [-0.39, 0.29) is 98.0 Å². The number of aromatic nitrogens is 2. The summed E-state index contributed by atoms with van der Waals surface area (Å²) in [6.45, 7) is -0.166. The van der Waals surface area contributed by atoms with E-state index >= 15 is 4.39 Å². The highest BCUT2D eigenvalue weighted by Gasteiger charge is 2.49. The summed E-state index contributed by atoms with van der Waals surface area (Å²) in [5.41, 5.74) is 10.8. The SMILES string of the molecule is N#Cc1c(N)sc2c(F)ccc(-c3c(Cl)c4c5c(nc(OC[C@@]67CCCN6C[C@H](F)C7)nc5c3F)N(CC(F)F)[C@@H](CN)CO4)c12. The molecule has 0 amide bonds. The quantitative estimate of drug-likeness (QED) is 0.239. The lowest BCUT2D eigenvalue weighted by Gasteiger charge is -2.32. The summed E-state index contributed by atoms with van der Waals surface area (Å²) in [5.74, 6) is -1.88. The first-order chi connectivity index (χ1) is 22.1. The number of benzene rings is 2. The molecule has 3 aliphatic rings. The number of halogens is 6. The van der Waals surface area contributed by atoms with Gasteiger partial charge >= 0.3 is 6.01 Å². The van der Waals surface area contributed by atoms with Crippen molar-refractivity contribution in [3.05, 3.63) is 34.4 Å². The fourth-order valence-corrected chi connectivity index (χ4v) is 8.34. The van der Waals surface area contributed by atoms with Crippen molar-refractivity contribution in [2.75, 3.05) is 50.0 Å². The molecule has 2 saturated heterocycles. The molecule has 2 fully saturated rings. The maximum atomic E-state index is 17.0. The van der Waals surface area contributed by atoms with E-state index in [2.05, 4.69) is 9.97 Å². The molecule has 9 nitrogen and oxygen atoms in total. The monoisotopic (exact) mass is 679 g/mol. The van der Waals surface area contributed by atoms with Crippen molar-refractivity contribution < 1.29 is 31.4 Å². The van der Waals surface area contributed by atoms with Gasteiger partial charge in [-0.1, -0.05) is 17.7 Å². The number of alkyl halides is 3. The minimum Gasteiger partial charge on any atom is -0.489 e. The Balaban J connectivity index is 1.47. The van der Waals surface area contributed by atoms with Crippen LogP contribution in [-0.4, -0.2) is 78.4 Å². The molecule has 5 heterocycles. The molecule has 2 aromatic heterocycles. The van der Waals surface area contributed by atoms with Crippen LogP contribution >= 0.6 is 22.9 Å². The van der Waals surface area contributed by atoms with Crippen LogP contribution in [-0.2, 0) is 0 Å². The summed E-state index contributed by atoms with van der Waals surface area (Å²) in [4.78, 5) is 12.1. The zero-order valence-electron chi connectivity index (χ0n) is 24.1. The number of nitrogens with two attached hydrogens (primary N) is 2. The second kappa shape index (κ2) is 11.5. The molecule has 0 spiro atoms. The van der Waals surface area contributed by atoms with Crippen molar-refractivity contribution in [1.29, 1.82) is 5.26 Å². The molecule has 46 heavy (non-hydrogen) atoms. The van der Waals surface area contributed by atoms with E-state index in [1.165, 1.54) is 11.0 Å². The van der Waals surface area contributed by atoms with Crippen LogP contribution in [0.1, 0.15) is 24.8 Å². The molecule has 2 aromatic carbocycles. The number of anilines is 2. The van der Waals surface area contributed by atoms with Gasteiger partial charge in [-0.25, -0.2) is 22.0 Å². The lowest BCUT2D eigenvalue weighted by Crippen LogP contribution is -2.46. The van der Waals surface area contributed by atoms with E-state index in [1.54, 1.807) is 0 Å². The van der Waals surface area contributed by atoms with Crippen LogP contribution in [0.15, 0.2) is 12.1 Å². The van der Waals surface area contributed by atoms with Gasteiger partial charge in [-0.3, -0.25) is 4.90 Å². The predicted molar refractivity (Wildman–Crippen MR) is 165 cm³/mol. The minimum absolute atomic E-state index is 0.00273. The average molecular weight is 680 g/mol. The lowest BCUT2D eigenvalue weighted by molar-refractivity contribution is 0.107. The smallest absolute Gasteiger partial charge is 0.319 e. The molecule has 0 saturated carbocycles. The Morgan fingerprint density at radius 1 is 1.26 bits per heavy atom. The zero-order chi connectivity index (χ0) is 32.5. The van der Waals surface area contributed by atoms with Gasteiger partial charge in [-0.05, 0) is 31.0 Å². The number of nitriles is 1. The van der Waals surface area contributed by atoms with E-state index in [4.69, 9.17) is 32.5 Å². The minimum atomic E-state index is -2.82. The first-order valence-corrected chi connectivity index (χ1v) is 15.8. The maximum Gasteiger partial charge on any atom is 0.319 e. The summed E-state index contributed by atoms with van der Waals surface area (Å²) in [6, 6.07) is 3.20. The zero-order valence-corrected chi connectivity index (χ0v) is 25.7. The number of nitrogens with zero attached hydrogens (tertiary/aromatic N) is 5. The van der Waals surface area contributed by atoms with Crippen molar-refractivity contribution in [3.63, 3.8) is 0 Å². The highest BCUT2D eigenvalue weighted by molar-refractivity contribution is 7.23. The Kier molecular flexibility index (Phi) is 7.74. The van der Waals surface area contributed by atoms with Crippen LogP contribution in [0, 0.1) is 23.0 Å². The van der Waals surface area contributed by atoms with Gasteiger partial charge in [-0.2, -0.15) is 15.2 Å². The molecule has 4 aromatic rings. The van der Waals surface area contributed by atoms with Gasteiger partial charge in [0, 0.05) is 30.5 Å². The Morgan fingerprint density at radius 2 is 2.07 bits per heavy atom. The number of fused-ring (bicyclic) bond motifs is 2. The van der Waals surface area contributed by atoms with E-state index < -0.39 is 42.4 Å². The maximum absolute atomic E-state index is 17.0. The van der Waals surface area contributed by atoms with Gasteiger partial charge in [0.15, 0.2) is 11.6 Å². The third-order valence-corrected chi connectivity index (χ3v) is 10.5. The molecule has 242 valence electrons. The third-order valence-electron chi connectivity index (χ3n) is 9.11. The van der Waals surface area contributed by atoms with Crippen molar-refractivity contribution in [2.24, 2.45) is 5.73 Å². The first kappa shape index (κ1) is 30.9. The Morgan fingerprint density at radius 3 is 2.80 bits per heavy atom. The highest BCUT2D eigenvalue weighted by Crippen LogP contribution is 2.51. The molecule has 3 atom stereocenters. The molecule has 7 rings (SSSR count). The van der Waals surface area contributed by atoms with Crippen LogP contribution in [0.2, 0.25) is 5.02 Å². The number of ether oxygens (including phenoxy) is 2. The summed E-state index contributed by atoms with van der Waals surface area (Å²) in [7, 11) is 0. The molecule has 16 heteroatoms. The molecule has 4 N–H and O–H groups in total. The number of hydrogen-bond donors (Lipinski definition) is 2. The van der Waals surface area contributed by atoms with Gasteiger partial charge in [0.2, 0.25) is 0 Å². The van der Waals surface area contributed by atoms with Crippen LogP contribution in [0.3, 0.4) is 0 Å². The summed E-state index contributed by atoms with van der Waals surface area (Å²) < 4.78 is 86.3. The molecular weight excluding hydrogens is 653 g/mol. The van der Waals surface area contributed by atoms with Crippen LogP contribution in [0.25, 0.3) is 32.1 Å². The van der Waals surface area contributed by atoms with Gasteiger partial charge in [-0.15, -0.1) is 11.3 Å². The number of nitrogen functional groups attached to an aromatic ring is 1. The van der Waals surface area contributed by atoms with Gasteiger partial charge in [0.25, 0.3) is 6.43 Å². The van der Waals surface area contributed by atoms with Crippen LogP contribution < -0.4 is 25.8 Å². The summed E-state index contributed by atoms with van der Waals surface area (Å²) in [6.07, 6.45) is -2.08. The largest absolute Gasteiger partial charge is 0.489 e. The second-order valence-corrected chi connectivity index (χ2v) is 13.2. The molecule has 3 aliphatic heterocycles. The van der Waals surface area contributed by atoms with E-state index in [9.17, 15) is 22.8 Å². The van der Waals surface area contributed by atoms with Crippen LogP contribution in [0.4, 0.5) is 32.8 Å². The molecule has 0 radical (unpaired) electrons. The van der Waals surface area contributed by atoms with Gasteiger partial charge < -0.3 is 25.8 Å². The first-order valence-electron chi connectivity index (χ1n) is 14.6. The predicted octanol–water partition coefficient (Wildman–Crippen LogP) is 5.64. The Labute approximate surface area is 268 Å². The van der Waals surface area contributed by atoms with Crippen molar-refractivity contribution in [1.82, 2.24) is 14.9 Å². The number of hydrogen-bond acceptors (Lipinski definition) is 10. The molecule has 0 unspecified atom stereocenters. The summed E-state index contributed by atoms with van der Waals surface area (Å²) in [5, 5.41) is 9.59. The average Bonchev–Trinajstić information content (AvgIpc) is 3.63. The van der Waals surface area contributed by atoms with Gasteiger partial charge in [0.05, 0.1) is 38.8 Å². The van der Waals surface area contributed by atoms with E-state index in [0.717, 1.165) is 23.8 Å². The third kappa shape index (κ3) is 4.76. The number of rotatable bonds is 7. The Bertz CT molecular complexity index is 1920. The van der Waals surface area contributed by atoms with Crippen molar-refractivity contribution in [2.45, 2.75) is 43.4 Å². The Hall–Kier alpha value is -3.71. The van der Waals surface area contributed by atoms with E-state index in [0.29, 0.717) is 13.0 Å². The fraction of sp³-hybridized carbons (Fsp3) is 0.433. The second-order valence-electron chi connectivity index (χ2n) is 11.7. The summed E-state index contributed by atoms with van der Waals surface area (Å²) >= 11 is 7.69. The molecule has 0 aliphatic carbocycles. The van der Waals surface area contributed by atoms with Gasteiger partial charge in [0.1, 0.15) is 47.6 Å². The fourth-order valence-electron chi connectivity index (χ4n) is 7.06.